The molecule has 56 valence electrons. The topological polar surface area (TPSA) is 29.9 Å². The van der Waals surface area contributed by atoms with Crippen LogP contribution in [0.3, 0.4) is 0 Å². The molecule has 2 heterocycles. The highest BCUT2D eigenvalue weighted by Gasteiger charge is 2.04. The number of imidazole rings is 1. The molecule has 2 rings (SSSR count). The molecule has 0 saturated carbocycles. The van der Waals surface area contributed by atoms with Crippen molar-refractivity contribution in [3.63, 3.8) is 0 Å². The van der Waals surface area contributed by atoms with Crippen molar-refractivity contribution in [2.24, 2.45) is 0 Å². The zero-order chi connectivity index (χ0) is 6.10. The van der Waals surface area contributed by atoms with Crippen LogP contribution in [0.5, 0.6) is 0 Å². The number of aromatic nitrogens is 2. The van der Waals surface area contributed by atoms with E-state index in [1.54, 1.807) is 0 Å². The molecule has 0 unspecified atom stereocenters. The van der Waals surface area contributed by atoms with Crippen molar-refractivity contribution in [2.75, 3.05) is 6.54 Å². The highest BCUT2D eigenvalue weighted by molar-refractivity contribution is 5.85. The maximum atomic E-state index is 4.03. The van der Waals surface area contributed by atoms with Gasteiger partial charge in [0.15, 0.2) is 0 Å². The van der Waals surface area contributed by atoms with E-state index < -0.39 is 0 Å². The second-order valence-corrected chi connectivity index (χ2v) is 2.26. The van der Waals surface area contributed by atoms with Gasteiger partial charge in [-0.25, -0.2) is 4.98 Å². The standard InChI is InChI=1S/C6H9N3.ClH/c1-2-9-5-8-4-6(9)3-7-1;/h4-5,7H,1-3H2;1H. The van der Waals surface area contributed by atoms with Crippen LogP contribution in [0.1, 0.15) is 5.69 Å². The molecule has 0 bridgehead atoms. The third kappa shape index (κ3) is 1.15. The normalized spacial score (nSPS) is 15.6. The summed E-state index contributed by atoms with van der Waals surface area (Å²) in [5.41, 5.74) is 1.29. The summed E-state index contributed by atoms with van der Waals surface area (Å²) in [5.74, 6) is 0. The first-order chi connectivity index (χ1) is 4.47. The molecule has 0 spiro atoms. The van der Waals surface area contributed by atoms with Crippen LogP contribution in [0.4, 0.5) is 0 Å². The van der Waals surface area contributed by atoms with E-state index in [1.807, 2.05) is 12.5 Å². The fourth-order valence-corrected chi connectivity index (χ4v) is 1.11. The first-order valence-corrected chi connectivity index (χ1v) is 3.16. The molecule has 0 fully saturated rings. The molecule has 1 aromatic rings. The lowest BCUT2D eigenvalue weighted by molar-refractivity contribution is 0.516. The summed E-state index contributed by atoms with van der Waals surface area (Å²) < 4.78 is 2.18. The molecule has 3 nitrogen and oxygen atoms in total. The molecule has 10 heavy (non-hydrogen) atoms. The van der Waals surface area contributed by atoms with Gasteiger partial charge in [0.1, 0.15) is 0 Å². The van der Waals surface area contributed by atoms with E-state index in [0.717, 1.165) is 19.6 Å². The van der Waals surface area contributed by atoms with Crippen LogP contribution < -0.4 is 5.32 Å². The SMILES string of the molecule is Cl.c1ncn2c1CNCC2. The maximum absolute atomic E-state index is 4.03. The second-order valence-electron chi connectivity index (χ2n) is 2.26. The molecular weight excluding hydrogens is 150 g/mol. The molecule has 0 aromatic carbocycles. The van der Waals surface area contributed by atoms with Crippen LogP contribution in [0, 0.1) is 0 Å². The molecule has 1 aliphatic rings. The summed E-state index contributed by atoms with van der Waals surface area (Å²) in [4.78, 5) is 4.03. The maximum Gasteiger partial charge on any atom is 0.0949 e. The monoisotopic (exact) mass is 159 g/mol. The highest BCUT2D eigenvalue weighted by Crippen LogP contribution is 2.01. The first kappa shape index (κ1) is 7.57. The van der Waals surface area contributed by atoms with Gasteiger partial charge < -0.3 is 9.88 Å². The van der Waals surface area contributed by atoms with E-state index in [2.05, 4.69) is 14.9 Å². The molecule has 1 aliphatic heterocycles. The van der Waals surface area contributed by atoms with Crippen LogP contribution in [0.15, 0.2) is 12.5 Å². The molecule has 1 N–H and O–H groups in total. The molecule has 1 aromatic heterocycles. The average molecular weight is 160 g/mol. The number of hydrogen-bond donors (Lipinski definition) is 1. The van der Waals surface area contributed by atoms with Crippen LogP contribution in [0.25, 0.3) is 0 Å². The minimum absolute atomic E-state index is 0. The lowest BCUT2D eigenvalue weighted by atomic mass is 10.4. The van der Waals surface area contributed by atoms with E-state index in [0.29, 0.717) is 0 Å². The average Bonchev–Trinajstić information content (AvgIpc) is 2.33. The Morgan fingerprint density at radius 1 is 1.60 bits per heavy atom. The van der Waals surface area contributed by atoms with Crippen LogP contribution in [-0.4, -0.2) is 16.1 Å². The lowest BCUT2D eigenvalue weighted by Crippen LogP contribution is -2.27. The number of halogens is 1. The van der Waals surface area contributed by atoms with Crippen molar-refractivity contribution in [3.05, 3.63) is 18.2 Å². The van der Waals surface area contributed by atoms with Crippen molar-refractivity contribution < 1.29 is 0 Å². The molecule has 0 saturated heterocycles. The Hall–Kier alpha value is -0.540. The first-order valence-electron chi connectivity index (χ1n) is 3.16. The summed E-state index contributed by atoms with van der Waals surface area (Å²) in [6.45, 7) is 3.11. The van der Waals surface area contributed by atoms with Gasteiger partial charge in [0.25, 0.3) is 0 Å². The number of hydrogen-bond acceptors (Lipinski definition) is 2. The van der Waals surface area contributed by atoms with E-state index >= 15 is 0 Å². The molecule has 0 aliphatic carbocycles. The fourth-order valence-electron chi connectivity index (χ4n) is 1.11. The van der Waals surface area contributed by atoms with Crippen molar-refractivity contribution >= 4 is 12.4 Å². The summed E-state index contributed by atoms with van der Waals surface area (Å²) >= 11 is 0. The van der Waals surface area contributed by atoms with E-state index in [4.69, 9.17) is 0 Å². The minimum atomic E-state index is 0. The number of rotatable bonds is 0. The van der Waals surface area contributed by atoms with Crippen LogP contribution in [0.2, 0.25) is 0 Å². The Balaban J connectivity index is 0.000000500. The summed E-state index contributed by atoms with van der Waals surface area (Å²) in [6, 6.07) is 0. The zero-order valence-electron chi connectivity index (χ0n) is 5.58. The molecule has 0 atom stereocenters. The number of fused-ring (bicyclic) bond motifs is 1. The van der Waals surface area contributed by atoms with E-state index in [1.165, 1.54) is 5.69 Å². The van der Waals surface area contributed by atoms with Gasteiger partial charge in [-0.3, -0.25) is 0 Å². The van der Waals surface area contributed by atoms with Gasteiger partial charge >= 0.3 is 0 Å². The molecule has 0 radical (unpaired) electrons. The van der Waals surface area contributed by atoms with Crippen molar-refractivity contribution in [3.8, 4) is 0 Å². The van der Waals surface area contributed by atoms with Crippen LogP contribution >= 0.6 is 12.4 Å². The van der Waals surface area contributed by atoms with Gasteiger partial charge in [-0.1, -0.05) is 0 Å². The van der Waals surface area contributed by atoms with Gasteiger partial charge in [0.2, 0.25) is 0 Å². The Labute approximate surface area is 65.9 Å². The molecule has 0 amide bonds. The predicted octanol–water partition coefficient (Wildman–Crippen LogP) is 0.408. The zero-order valence-corrected chi connectivity index (χ0v) is 6.40. The predicted molar refractivity (Wildman–Crippen MR) is 41.2 cm³/mol. The molecular formula is C6H10ClN3. The van der Waals surface area contributed by atoms with Crippen molar-refractivity contribution in [1.29, 1.82) is 0 Å². The fraction of sp³-hybridized carbons (Fsp3) is 0.500. The van der Waals surface area contributed by atoms with Gasteiger partial charge in [0, 0.05) is 25.8 Å². The van der Waals surface area contributed by atoms with Crippen LogP contribution in [-0.2, 0) is 13.1 Å². The van der Waals surface area contributed by atoms with Gasteiger partial charge in [-0.05, 0) is 0 Å². The van der Waals surface area contributed by atoms with Crippen molar-refractivity contribution in [2.45, 2.75) is 13.1 Å². The third-order valence-corrected chi connectivity index (χ3v) is 1.63. The lowest BCUT2D eigenvalue weighted by Gasteiger charge is -2.14. The summed E-state index contributed by atoms with van der Waals surface area (Å²) in [6.07, 6.45) is 3.79. The Morgan fingerprint density at radius 2 is 2.50 bits per heavy atom. The summed E-state index contributed by atoms with van der Waals surface area (Å²) in [5, 5.41) is 3.27. The van der Waals surface area contributed by atoms with E-state index in [9.17, 15) is 0 Å². The third-order valence-electron chi connectivity index (χ3n) is 1.63. The van der Waals surface area contributed by atoms with Gasteiger partial charge in [0.05, 0.1) is 12.0 Å². The Kier molecular flexibility index (Phi) is 2.29. The smallest absolute Gasteiger partial charge is 0.0949 e. The summed E-state index contributed by atoms with van der Waals surface area (Å²) in [7, 11) is 0. The Morgan fingerprint density at radius 3 is 3.30 bits per heavy atom. The number of nitrogens with zero attached hydrogens (tertiary/aromatic N) is 2. The second kappa shape index (κ2) is 3.03. The highest BCUT2D eigenvalue weighted by atomic mass is 35.5. The van der Waals surface area contributed by atoms with Gasteiger partial charge in [-0.15, -0.1) is 12.4 Å². The number of nitrogens with one attached hydrogen (secondary N) is 1. The van der Waals surface area contributed by atoms with Crippen molar-refractivity contribution in [1.82, 2.24) is 14.9 Å². The molecule has 4 heteroatoms. The minimum Gasteiger partial charge on any atom is -0.332 e. The Bertz CT molecular complexity index is 188. The van der Waals surface area contributed by atoms with Gasteiger partial charge in [-0.2, -0.15) is 0 Å². The van der Waals surface area contributed by atoms with E-state index in [-0.39, 0.29) is 12.4 Å². The largest absolute Gasteiger partial charge is 0.332 e. The quantitative estimate of drug-likeness (QED) is 0.594.